The molecule has 5 heteroatoms. The van der Waals surface area contributed by atoms with E-state index in [9.17, 15) is 14.7 Å². The summed E-state index contributed by atoms with van der Waals surface area (Å²) in [5.41, 5.74) is 3.15. The molecule has 0 saturated heterocycles. The third-order valence-electron chi connectivity index (χ3n) is 5.18. The Hall–Kier alpha value is -2.17. The van der Waals surface area contributed by atoms with Crippen molar-refractivity contribution in [2.75, 3.05) is 0 Å². The molecule has 122 valence electrons. The standard InChI is InChI=1S/C18H22N2O3/c1-10(2)14-12-6-7-13(14)16(18(22)23)15(12)17(21)20-9-11-5-3-4-8-19-11/h3-5,8,12-13,15-16H,6-7,9H2,1-2H3,(H,20,21)(H,22,23)/t12-,13+,15+,16+/m0/s1. The first-order valence-corrected chi connectivity index (χ1v) is 8.08. The van der Waals surface area contributed by atoms with E-state index in [1.807, 2.05) is 32.0 Å². The minimum absolute atomic E-state index is 0.0214. The molecule has 1 heterocycles. The number of carboxylic acid groups (broad SMARTS) is 1. The topological polar surface area (TPSA) is 79.3 Å². The van der Waals surface area contributed by atoms with Crippen molar-refractivity contribution >= 4 is 11.9 Å². The maximum absolute atomic E-state index is 12.7. The minimum atomic E-state index is -0.853. The first-order chi connectivity index (χ1) is 11.0. The van der Waals surface area contributed by atoms with E-state index < -0.39 is 17.8 Å². The van der Waals surface area contributed by atoms with E-state index in [0.717, 1.165) is 18.5 Å². The summed E-state index contributed by atoms with van der Waals surface area (Å²) in [6, 6.07) is 5.54. The second kappa shape index (κ2) is 6.14. The first-order valence-electron chi connectivity index (χ1n) is 8.08. The molecule has 0 unspecified atom stereocenters. The average Bonchev–Trinajstić information content (AvgIpc) is 3.09. The zero-order chi connectivity index (χ0) is 16.6. The third-order valence-corrected chi connectivity index (χ3v) is 5.18. The quantitative estimate of drug-likeness (QED) is 0.836. The molecule has 0 radical (unpaired) electrons. The summed E-state index contributed by atoms with van der Waals surface area (Å²) in [7, 11) is 0. The molecule has 0 aromatic carbocycles. The second-order valence-electron chi connectivity index (χ2n) is 6.67. The number of carbonyl (C=O) groups excluding carboxylic acids is 1. The SMILES string of the molecule is CC(C)=C1[C@H]2CC[C@@H]1[C@@H](C(=O)NCc1ccccn1)[C@@H]2C(=O)O. The number of nitrogens with zero attached hydrogens (tertiary/aromatic N) is 1. The molecule has 2 saturated carbocycles. The van der Waals surface area contributed by atoms with Gasteiger partial charge < -0.3 is 10.4 Å². The second-order valence-corrected chi connectivity index (χ2v) is 6.67. The number of hydrogen-bond acceptors (Lipinski definition) is 3. The Bertz CT molecular complexity index is 649. The van der Waals surface area contributed by atoms with E-state index in [0.29, 0.717) is 6.54 Å². The van der Waals surface area contributed by atoms with E-state index in [2.05, 4.69) is 10.3 Å². The zero-order valence-corrected chi connectivity index (χ0v) is 13.5. The molecule has 0 aliphatic heterocycles. The molecule has 2 aliphatic carbocycles. The van der Waals surface area contributed by atoms with Crippen LogP contribution in [0.3, 0.4) is 0 Å². The van der Waals surface area contributed by atoms with E-state index in [-0.39, 0.29) is 17.7 Å². The number of hydrogen-bond donors (Lipinski definition) is 2. The number of allylic oxidation sites excluding steroid dienone is 2. The van der Waals surface area contributed by atoms with Gasteiger partial charge in [-0.2, -0.15) is 0 Å². The van der Waals surface area contributed by atoms with Gasteiger partial charge in [-0.1, -0.05) is 17.2 Å². The van der Waals surface area contributed by atoms with Gasteiger partial charge >= 0.3 is 5.97 Å². The normalized spacial score (nSPS) is 28.7. The van der Waals surface area contributed by atoms with Gasteiger partial charge in [0.1, 0.15) is 0 Å². The van der Waals surface area contributed by atoms with Crippen LogP contribution in [0.1, 0.15) is 32.4 Å². The van der Waals surface area contributed by atoms with Crippen LogP contribution < -0.4 is 5.32 Å². The number of aliphatic carboxylic acids is 1. The molecular weight excluding hydrogens is 292 g/mol. The highest BCUT2D eigenvalue weighted by Gasteiger charge is 2.57. The van der Waals surface area contributed by atoms with Gasteiger partial charge in [0.15, 0.2) is 0 Å². The van der Waals surface area contributed by atoms with Crippen LogP contribution in [0.25, 0.3) is 0 Å². The monoisotopic (exact) mass is 314 g/mol. The first kappa shape index (κ1) is 15.7. The Morgan fingerprint density at radius 2 is 1.91 bits per heavy atom. The Balaban J connectivity index is 1.79. The molecule has 0 spiro atoms. The van der Waals surface area contributed by atoms with Crippen molar-refractivity contribution in [3.63, 3.8) is 0 Å². The molecule has 2 aliphatic rings. The van der Waals surface area contributed by atoms with Crippen LogP contribution in [-0.4, -0.2) is 22.0 Å². The van der Waals surface area contributed by atoms with Gasteiger partial charge in [-0.15, -0.1) is 0 Å². The van der Waals surface area contributed by atoms with E-state index in [1.54, 1.807) is 6.20 Å². The summed E-state index contributed by atoms with van der Waals surface area (Å²) in [5, 5.41) is 12.5. The van der Waals surface area contributed by atoms with Crippen LogP contribution in [-0.2, 0) is 16.1 Å². The number of rotatable bonds is 4. The van der Waals surface area contributed by atoms with Gasteiger partial charge in [0.25, 0.3) is 0 Å². The van der Waals surface area contributed by atoms with Crippen LogP contribution in [0.15, 0.2) is 35.5 Å². The van der Waals surface area contributed by atoms with Gasteiger partial charge in [-0.25, -0.2) is 0 Å². The molecule has 3 rings (SSSR count). The van der Waals surface area contributed by atoms with E-state index in [4.69, 9.17) is 0 Å². The Kier molecular flexibility index (Phi) is 4.20. The lowest BCUT2D eigenvalue weighted by atomic mass is 9.78. The molecule has 2 bridgehead atoms. The molecule has 5 nitrogen and oxygen atoms in total. The molecule has 1 amide bonds. The van der Waals surface area contributed by atoms with Crippen LogP contribution in [0.5, 0.6) is 0 Å². The highest BCUT2D eigenvalue weighted by Crippen LogP contribution is 2.57. The highest BCUT2D eigenvalue weighted by molar-refractivity contribution is 5.87. The minimum Gasteiger partial charge on any atom is -0.481 e. The van der Waals surface area contributed by atoms with Crippen LogP contribution >= 0.6 is 0 Å². The summed E-state index contributed by atoms with van der Waals surface area (Å²) >= 11 is 0. The van der Waals surface area contributed by atoms with Crippen molar-refractivity contribution in [3.8, 4) is 0 Å². The molecule has 2 fully saturated rings. The predicted molar refractivity (Wildman–Crippen MR) is 85.3 cm³/mol. The highest BCUT2D eigenvalue weighted by atomic mass is 16.4. The summed E-state index contributed by atoms with van der Waals surface area (Å²) in [6.07, 6.45) is 3.48. The number of carboxylic acids is 1. The maximum Gasteiger partial charge on any atom is 0.307 e. The Morgan fingerprint density at radius 1 is 1.22 bits per heavy atom. The van der Waals surface area contributed by atoms with Crippen molar-refractivity contribution < 1.29 is 14.7 Å². The van der Waals surface area contributed by atoms with Gasteiger partial charge in [0.05, 0.1) is 24.1 Å². The van der Waals surface area contributed by atoms with Gasteiger partial charge in [0, 0.05) is 6.20 Å². The number of amides is 1. The lowest BCUT2D eigenvalue weighted by Crippen LogP contribution is -2.41. The summed E-state index contributed by atoms with van der Waals surface area (Å²) in [4.78, 5) is 28.6. The molecule has 1 aromatic heterocycles. The van der Waals surface area contributed by atoms with Gasteiger partial charge in [-0.3, -0.25) is 14.6 Å². The smallest absolute Gasteiger partial charge is 0.307 e. The number of nitrogens with one attached hydrogen (secondary N) is 1. The van der Waals surface area contributed by atoms with E-state index in [1.165, 1.54) is 11.1 Å². The van der Waals surface area contributed by atoms with Crippen molar-refractivity contribution in [1.29, 1.82) is 0 Å². The molecule has 1 aromatic rings. The fourth-order valence-electron chi connectivity index (χ4n) is 4.40. The maximum atomic E-state index is 12.7. The Labute approximate surface area is 135 Å². The van der Waals surface area contributed by atoms with Crippen molar-refractivity contribution in [2.24, 2.45) is 23.7 Å². The van der Waals surface area contributed by atoms with Crippen molar-refractivity contribution in [3.05, 3.63) is 41.2 Å². The van der Waals surface area contributed by atoms with Gasteiger partial charge in [-0.05, 0) is 50.7 Å². The molecular formula is C18H22N2O3. The average molecular weight is 314 g/mol. The predicted octanol–water partition coefficient (Wildman–Crippen LogP) is 2.39. The number of carbonyl (C=O) groups is 2. The summed E-state index contributed by atoms with van der Waals surface area (Å²) < 4.78 is 0. The summed E-state index contributed by atoms with van der Waals surface area (Å²) in [5.74, 6) is -1.96. The number of aromatic nitrogens is 1. The van der Waals surface area contributed by atoms with Crippen LogP contribution in [0.2, 0.25) is 0 Å². The largest absolute Gasteiger partial charge is 0.481 e. The lowest BCUT2D eigenvalue weighted by Gasteiger charge is -2.26. The molecule has 23 heavy (non-hydrogen) atoms. The number of fused-ring (bicyclic) bond motifs is 2. The van der Waals surface area contributed by atoms with Crippen molar-refractivity contribution in [2.45, 2.75) is 33.2 Å². The summed E-state index contributed by atoms with van der Waals surface area (Å²) in [6.45, 7) is 4.38. The van der Waals surface area contributed by atoms with Gasteiger partial charge in [0.2, 0.25) is 5.91 Å². The third kappa shape index (κ3) is 2.76. The fraction of sp³-hybridized carbons (Fsp3) is 0.500. The zero-order valence-electron chi connectivity index (χ0n) is 13.5. The fourth-order valence-corrected chi connectivity index (χ4v) is 4.40. The molecule has 4 atom stereocenters. The number of pyridine rings is 1. The lowest BCUT2D eigenvalue weighted by molar-refractivity contribution is -0.149. The van der Waals surface area contributed by atoms with Crippen molar-refractivity contribution in [1.82, 2.24) is 10.3 Å². The molecule has 2 N–H and O–H groups in total. The van der Waals surface area contributed by atoms with E-state index >= 15 is 0 Å². The van der Waals surface area contributed by atoms with Crippen LogP contribution in [0, 0.1) is 23.7 Å². The Morgan fingerprint density at radius 3 is 2.48 bits per heavy atom. The van der Waals surface area contributed by atoms with Crippen LogP contribution in [0.4, 0.5) is 0 Å².